The van der Waals surface area contributed by atoms with Gasteiger partial charge in [0, 0.05) is 18.2 Å². The first kappa shape index (κ1) is 14.7. The van der Waals surface area contributed by atoms with Crippen molar-refractivity contribution in [2.45, 2.75) is 27.2 Å². The van der Waals surface area contributed by atoms with Crippen LogP contribution in [0.4, 0.5) is 5.69 Å². The summed E-state index contributed by atoms with van der Waals surface area (Å²) in [4.78, 5) is 11.4. The molecule has 0 aromatic heterocycles. The molecule has 5 nitrogen and oxygen atoms in total. The molecule has 0 saturated carbocycles. The molecule has 0 atom stereocenters. The van der Waals surface area contributed by atoms with Crippen LogP contribution in [0.1, 0.15) is 31.4 Å². The minimum Gasteiger partial charge on any atom is -0.398 e. The van der Waals surface area contributed by atoms with E-state index < -0.39 is 0 Å². The molecule has 0 aliphatic rings. The summed E-state index contributed by atoms with van der Waals surface area (Å²) in [5.74, 6) is -0.194. The zero-order valence-electron chi connectivity index (χ0n) is 11.5. The van der Waals surface area contributed by atoms with E-state index in [0.717, 1.165) is 11.1 Å². The van der Waals surface area contributed by atoms with Gasteiger partial charge < -0.3 is 5.73 Å². The van der Waals surface area contributed by atoms with E-state index in [-0.39, 0.29) is 18.9 Å². The molecule has 0 spiro atoms. The van der Waals surface area contributed by atoms with Crippen molar-refractivity contribution in [1.29, 1.82) is 5.26 Å². The summed E-state index contributed by atoms with van der Waals surface area (Å²) in [7, 11) is 0. The van der Waals surface area contributed by atoms with Crippen LogP contribution in [0.2, 0.25) is 0 Å². The standard InChI is InChI=1S/C14H18N4O/c1-10-5-6-14(16)13(9-10)11(2)17-18(12(3)19)8-4-7-15/h5-6,9H,4,8,16H2,1-3H3/b17-11+. The van der Waals surface area contributed by atoms with E-state index in [4.69, 9.17) is 11.0 Å². The Labute approximate surface area is 113 Å². The first-order chi connectivity index (χ1) is 8.95. The maximum atomic E-state index is 11.4. The van der Waals surface area contributed by atoms with Gasteiger partial charge in [-0.15, -0.1) is 0 Å². The van der Waals surface area contributed by atoms with Gasteiger partial charge in [0.05, 0.1) is 24.7 Å². The average Bonchev–Trinajstić information content (AvgIpc) is 2.36. The Bertz CT molecular complexity index is 543. The van der Waals surface area contributed by atoms with Crippen molar-refractivity contribution in [1.82, 2.24) is 5.01 Å². The molecule has 0 heterocycles. The fourth-order valence-electron chi connectivity index (χ4n) is 1.65. The van der Waals surface area contributed by atoms with Crippen LogP contribution in [0.15, 0.2) is 23.3 Å². The van der Waals surface area contributed by atoms with Crippen LogP contribution in [0, 0.1) is 18.3 Å². The number of hydrazone groups is 1. The van der Waals surface area contributed by atoms with Crippen molar-refractivity contribution in [3.8, 4) is 6.07 Å². The molecular formula is C14H18N4O. The van der Waals surface area contributed by atoms with Crippen molar-refractivity contribution in [2.24, 2.45) is 5.10 Å². The lowest BCUT2D eigenvalue weighted by Crippen LogP contribution is -2.25. The second-order valence-electron chi connectivity index (χ2n) is 4.33. The normalized spacial score (nSPS) is 10.9. The zero-order chi connectivity index (χ0) is 14.4. The van der Waals surface area contributed by atoms with Crippen LogP contribution in [0.5, 0.6) is 0 Å². The number of benzene rings is 1. The number of hydrogen-bond donors (Lipinski definition) is 1. The number of carbonyl (C=O) groups is 1. The minimum absolute atomic E-state index is 0.194. The second-order valence-corrected chi connectivity index (χ2v) is 4.33. The second kappa shape index (κ2) is 6.55. The number of nitrogen functional groups attached to an aromatic ring is 1. The molecule has 5 heteroatoms. The van der Waals surface area contributed by atoms with Gasteiger partial charge in [-0.3, -0.25) is 4.79 Å². The SMILES string of the molecule is CC(=O)N(CCC#N)/N=C(\C)c1cc(C)ccc1N. The summed E-state index contributed by atoms with van der Waals surface area (Å²) in [5.41, 5.74) is 9.07. The fraction of sp³-hybridized carbons (Fsp3) is 0.357. The lowest BCUT2D eigenvalue weighted by atomic mass is 10.1. The highest BCUT2D eigenvalue weighted by Crippen LogP contribution is 2.15. The highest BCUT2D eigenvalue weighted by atomic mass is 16.2. The van der Waals surface area contributed by atoms with E-state index in [0.29, 0.717) is 11.4 Å². The van der Waals surface area contributed by atoms with E-state index in [1.165, 1.54) is 11.9 Å². The Morgan fingerprint density at radius 3 is 2.74 bits per heavy atom. The van der Waals surface area contributed by atoms with E-state index in [2.05, 4.69) is 5.10 Å². The zero-order valence-corrected chi connectivity index (χ0v) is 11.5. The summed E-state index contributed by atoms with van der Waals surface area (Å²) in [6, 6.07) is 7.66. The molecule has 0 unspecified atom stereocenters. The Balaban J connectivity index is 3.04. The topological polar surface area (TPSA) is 82.5 Å². The largest absolute Gasteiger partial charge is 0.398 e. The lowest BCUT2D eigenvalue weighted by molar-refractivity contribution is -0.128. The number of rotatable bonds is 4. The molecule has 1 amide bonds. The van der Waals surface area contributed by atoms with Crippen LogP contribution in [-0.4, -0.2) is 23.2 Å². The van der Waals surface area contributed by atoms with Gasteiger partial charge in [0.25, 0.3) is 0 Å². The van der Waals surface area contributed by atoms with E-state index in [1.807, 2.05) is 31.2 Å². The summed E-state index contributed by atoms with van der Waals surface area (Å²) in [6.45, 7) is 5.48. The highest BCUT2D eigenvalue weighted by Gasteiger charge is 2.09. The van der Waals surface area contributed by atoms with E-state index in [1.54, 1.807) is 6.92 Å². The van der Waals surface area contributed by atoms with E-state index >= 15 is 0 Å². The predicted octanol–water partition coefficient (Wildman–Crippen LogP) is 2.06. The summed E-state index contributed by atoms with van der Waals surface area (Å²) < 4.78 is 0. The molecule has 1 rings (SSSR count). The molecule has 1 aromatic rings. The van der Waals surface area contributed by atoms with Gasteiger partial charge in [0.15, 0.2) is 0 Å². The molecule has 0 bridgehead atoms. The van der Waals surface area contributed by atoms with Gasteiger partial charge in [0.2, 0.25) is 5.91 Å². The van der Waals surface area contributed by atoms with Gasteiger partial charge in [-0.05, 0) is 26.0 Å². The molecule has 0 aliphatic carbocycles. The van der Waals surface area contributed by atoms with Crippen molar-refractivity contribution >= 4 is 17.3 Å². The van der Waals surface area contributed by atoms with Crippen molar-refractivity contribution in [2.75, 3.05) is 12.3 Å². The number of hydrogen-bond acceptors (Lipinski definition) is 4. The molecule has 0 radical (unpaired) electrons. The molecule has 19 heavy (non-hydrogen) atoms. The number of nitrogens with two attached hydrogens (primary N) is 1. The van der Waals surface area contributed by atoms with Crippen LogP contribution >= 0.6 is 0 Å². The number of anilines is 1. The molecule has 0 fully saturated rings. The lowest BCUT2D eigenvalue weighted by Gasteiger charge is -2.15. The number of nitriles is 1. The summed E-state index contributed by atoms with van der Waals surface area (Å²) in [5, 5.41) is 14.1. The molecule has 100 valence electrons. The van der Waals surface area contributed by atoms with Crippen molar-refractivity contribution in [3.63, 3.8) is 0 Å². The van der Waals surface area contributed by atoms with Crippen LogP contribution in [0.3, 0.4) is 0 Å². The van der Waals surface area contributed by atoms with Gasteiger partial charge in [-0.2, -0.15) is 10.4 Å². The quantitative estimate of drug-likeness (QED) is 0.510. The third-order valence-electron chi connectivity index (χ3n) is 2.67. The minimum atomic E-state index is -0.194. The van der Waals surface area contributed by atoms with Crippen LogP contribution in [0.25, 0.3) is 0 Å². The fourth-order valence-corrected chi connectivity index (χ4v) is 1.65. The smallest absolute Gasteiger partial charge is 0.239 e. The maximum Gasteiger partial charge on any atom is 0.239 e. The van der Waals surface area contributed by atoms with Gasteiger partial charge in [-0.25, -0.2) is 5.01 Å². The monoisotopic (exact) mass is 258 g/mol. The van der Waals surface area contributed by atoms with Gasteiger partial charge >= 0.3 is 0 Å². The van der Waals surface area contributed by atoms with Crippen molar-refractivity contribution < 1.29 is 4.79 Å². The Kier molecular flexibility index (Phi) is 5.07. The maximum absolute atomic E-state index is 11.4. The molecule has 1 aromatic carbocycles. The molecule has 0 saturated heterocycles. The first-order valence-corrected chi connectivity index (χ1v) is 6.02. The predicted molar refractivity (Wildman–Crippen MR) is 75.4 cm³/mol. The summed E-state index contributed by atoms with van der Waals surface area (Å²) >= 11 is 0. The highest BCUT2D eigenvalue weighted by molar-refractivity contribution is 6.03. The Morgan fingerprint density at radius 2 is 2.16 bits per heavy atom. The first-order valence-electron chi connectivity index (χ1n) is 6.02. The van der Waals surface area contributed by atoms with E-state index in [9.17, 15) is 4.79 Å². The summed E-state index contributed by atoms with van der Waals surface area (Å²) in [6.07, 6.45) is 0.250. The number of aryl methyl sites for hydroxylation is 1. The Morgan fingerprint density at radius 1 is 1.47 bits per heavy atom. The van der Waals surface area contributed by atoms with Gasteiger partial charge in [-0.1, -0.05) is 11.6 Å². The molecule has 0 aliphatic heterocycles. The Hall–Kier alpha value is -2.35. The average molecular weight is 258 g/mol. The third kappa shape index (κ3) is 4.11. The number of amides is 1. The number of nitrogens with zero attached hydrogens (tertiary/aromatic N) is 3. The van der Waals surface area contributed by atoms with Gasteiger partial charge in [0.1, 0.15) is 0 Å². The van der Waals surface area contributed by atoms with Crippen LogP contribution in [-0.2, 0) is 4.79 Å². The third-order valence-corrected chi connectivity index (χ3v) is 2.67. The number of carbonyl (C=O) groups excluding carboxylic acids is 1. The van der Waals surface area contributed by atoms with Crippen molar-refractivity contribution in [3.05, 3.63) is 29.3 Å². The molecular weight excluding hydrogens is 240 g/mol. The van der Waals surface area contributed by atoms with Crippen LogP contribution < -0.4 is 5.73 Å². The molecule has 2 N–H and O–H groups in total.